The van der Waals surface area contributed by atoms with Gasteiger partial charge in [-0.15, -0.1) is 0 Å². The Morgan fingerprint density at radius 1 is 1.04 bits per heavy atom. The molecular formula is C19H23N3O3. The zero-order valence-electron chi connectivity index (χ0n) is 14.7. The van der Waals surface area contributed by atoms with Gasteiger partial charge in [-0.05, 0) is 49.2 Å². The Morgan fingerprint density at radius 2 is 1.76 bits per heavy atom. The standard InChI is InChI=1S/C19H23N3O3/c1-4-20-18(23)15-8-5-13(2)17(11-15)22-19(24)21-16-9-6-14(7-10-16)12-25-3/h5-11H,4,12H2,1-3H3,(H,20,23)(H2,21,22,24). The first-order valence-electron chi connectivity index (χ1n) is 8.08. The molecule has 2 aromatic carbocycles. The number of carbonyl (C=O) groups excluding carboxylic acids is 2. The number of hydrogen-bond donors (Lipinski definition) is 3. The summed E-state index contributed by atoms with van der Waals surface area (Å²) in [5, 5.41) is 8.29. The normalized spacial score (nSPS) is 10.2. The third-order valence-corrected chi connectivity index (χ3v) is 3.61. The maximum Gasteiger partial charge on any atom is 0.323 e. The van der Waals surface area contributed by atoms with E-state index in [2.05, 4.69) is 16.0 Å². The molecule has 2 rings (SSSR count). The van der Waals surface area contributed by atoms with Crippen molar-refractivity contribution in [2.75, 3.05) is 24.3 Å². The zero-order valence-corrected chi connectivity index (χ0v) is 14.7. The summed E-state index contributed by atoms with van der Waals surface area (Å²) >= 11 is 0. The first-order valence-corrected chi connectivity index (χ1v) is 8.08. The molecule has 3 N–H and O–H groups in total. The van der Waals surface area contributed by atoms with Gasteiger partial charge in [0.25, 0.3) is 5.91 Å². The van der Waals surface area contributed by atoms with Gasteiger partial charge in [0.2, 0.25) is 0 Å². The first kappa shape index (κ1) is 18.5. The number of carbonyl (C=O) groups is 2. The maximum atomic E-state index is 12.2. The second kappa shape index (κ2) is 8.84. The molecule has 0 aliphatic rings. The molecule has 6 heteroatoms. The van der Waals surface area contributed by atoms with Gasteiger partial charge in [-0.25, -0.2) is 4.79 Å². The summed E-state index contributed by atoms with van der Waals surface area (Å²) in [5.74, 6) is -0.167. The van der Waals surface area contributed by atoms with Crippen molar-refractivity contribution in [1.29, 1.82) is 0 Å². The fourth-order valence-electron chi connectivity index (χ4n) is 2.30. The van der Waals surface area contributed by atoms with Crippen LogP contribution < -0.4 is 16.0 Å². The van der Waals surface area contributed by atoms with Gasteiger partial charge < -0.3 is 20.7 Å². The van der Waals surface area contributed by atoms with Crippen LogP contribution >= 0.6 is 0 Å². The van der Waals surface area contributed by atoms with Crippen LogP contribution in [0.15, 0.2) is 42.5 Å². The smallest absolute Gasteiger partial charge is 0.323 e. The van der Waals surface area contributed by atoms with Crippen LogP contribution in [0.3, 0.4) is 0 Å². The van der Waals surface area contributed by atoms with Crippen molar-refractivity contribution in [1.82, 2.24) is 5.32 Å². The predicted octanol–water partition coefficient (Wildman–Crippen LogP) is 3.54. The van der Waals surface area contributed by atoms with E-state index >= 15 is 0 Å². The minimum Gasteiger partial charge on any atom is -0.380 e. The summed E-state index contributed by atoms with van der Waals surface area (Å²) in [6, 6.07) is 12.2. The van der Waals surface area contributed by atoms with Crippen molar-refractivity contribution >= 4 is 23.3 Å². The summed E-state index contributed by atoms with van der Waals surface area (Å²) in [6.07, 6.45) is 0. The predicted molar refractivity (Wildman–Crippen MR) is 99.0 cm³/mol. The van der Waals surface area contributed by atoms with Gasteiger partial charge in [0.15, 0.2) is 0 Å². The number of urea groups is 1. The molecule has 0 atom stereocenters. The largest absolute Gasteiger partial charge is 0.380 e. The molecule has 0 aliphatic heterocycles. The lowest BCUT2D eigenvalue weighted by Gasteiger charge is -2.12. The van der Waals surface area contributed by atoms with E-state index in [1.165, 1.54) is 0 Å². The molecule has 0 saturated heterocycles. The van der Waals surface area contributed by atoms with Crippen LogP contribution in [-0.2, 0) is 11.3 Å². The summed E-state index contributed by atoms with van der Waals surface area (Å²) in [6.45, 7) is 4.81. The average molecular weight is 341 g/mol. The van der Waals surface area contributed by atoms with Crippen LogP contribution in [0.4, 0.5) is 16.2 Å². The summed E-state index contributed by atoms with van der Waals surface area (Å²) in [5.41, 5.74) is 3.68. The number of hydrogen-bond acceptors (Lipinski definition) is 3. The summed E-state index contributed by atoms with van der Waals surface area (Å²) in [7, 11) is 1.64. The van der Waals surface area contributed by atoms with E-state index in [1.54, 1.807) is 25.3 Å². The lowest BCUT2D eigenvalue weighted by Crippen LogP contribution is -2.23. The highest BCUT2D eigenvalue weighted by atomic mass is 16.5. The van der Waals surface area contributed by atoms with E-state index < -0.39 is 0 Å². The number of ether oxygens (including phenoxy) is 1. The second-order valence-electron chi connectivity index (χ2n) is 5.60. The van der Waals surface area contributed by atoms with E-state index in [0.717, 1.165) is 11.1 Å². The zero-order chi connectivity index (χ0) is 18.2. The number of benzene rings is 2. The molecule has 0 heterocycles. The molecule has 2 aromatic rings. The molecule has 0 fully saturated rings. The Hall–Kier alpha value is -2.86. The summed E-state index contributed by atoms with van der Waals surface area (Å²) in [4.78, 5) is 24.1. The number of aryl methyl sites for hydroxylation is 1. The monoisotopic (exact) mass is 341 g/mol. The average Bonchev–Trinajstić information content (AvgIpc) is 2.59. The number of anilines is 2. The maximum absolute atomic E-state index is 12.2. The van der Waals surface area contributed by atoms with Crippen molar-refractivity contribution in [2.45, 2.75) is 20.5 Å². The quantitative estimate of drug-likeness (QED) is 0.752. The second-order valence-corrected chi connectivity index (χ2v) is 5.60. The van der Waals surface area contributed by atoms with Crippen molar-refractivity contribution < 1.29 is 14.3 Å². The number of rotatable bonds is 6. The van der Waals surface area contributed by atoms with Crippen LogP contribution in [0.1, 0.15) is 28.4 Å². The highest BCUT2D eigenvalue weighted by molar-refractivity contribution is 6.02. The minimum atomic E-state index is -0.365. The molecule has 0 saturated carbocycles. The molecule has 6 nitrogen and oxygen atoms in total. The highest BCUT2D eigenvalue weighted by Crippen LogP contribution is 2.18. The van der Waals surface area contributed by atoms with Crippen molar-refractivity contribution in [3.05, 3.63) is 59.2 Å². The third-order valence-electron chi connectivity index (χ3n) is 3.61. The van der Waals surface area contributed by atoms with Crippen LogP contribution in [0.5, 0.6) is 0 Å². The Bertz CT molecular complexity index is 742. The van der Waals surface area contributed by atoms with Crippen LogP contribution in [0, 0.1) is 6.92 Å². The molecular weight excluding hydrogens is 318 g/mol. The highest BCUT2D eigenvalue weighted by Gasteiger charge is 2.10. The molecule has 0 spiro atoms. The lowest BCUT2D eigenvalue weighted by atomic mass is 10.1. The van der Waals surface area contributed by atoms with Crippen molar-refractivity contribution in [3.8, 4) is 0 Å². The van der Waals surface area contributed by atoms with E-state index in [4.69, 9.17) is 4.74 Å². The minimum absolute atomic E-state index is 0.167. The van der Waals surface area contributed by atoms with Crippen LogP contribution in [-0.4, -0.2) is 25.6 Å². The molecule has 0 aliphatic carbocycles. The SMILES string of the molecule is CCNC(=O)c1ccc(C)c(NC(=O)Nc2ccc(COC)cc2)c1. The number of methoxy groups -OCH3 is 1. The van der Waals surface area contributed by atoms with Gasteiger partial charge in [0, 0.05) is 30.6 Å². The van der Waals surface area contributed by atoms with Crippen LogP contribution in [0.2, 0.25) is 0 Å². The van der Waals surface area contributed by atoms with E-state index in [1.807, 2.05) is 38.1 Å². The van der Waals surface area contributed by atoms with Gasteiger partial charge >= 0.3 is 6.03 Å². The van der Waals surface area contributed by atoms with E-state index in [9.17, 15) is 9.59 Å². The summed E-state index contributed by atoms with van der Waals surface area (Å²) < 4.78 is 5.06. The van der Waals surface area contributed by atoms with Crippen LogP contribution in [0.25, 0.3) is 0 Å². The lowest BCUT2D eigenvalue weighted by molar-refractivity contribution is 0.0956. The van der Waals surface area contributed by atoms with E-state index in [0.29, 0.717) is 30.1 Å². The Kier molecular flexibility index (Phi) is 6.54. The van der Waals surface area contributed by atoms with E-state index in [-0.39, 0.29) is 11.9 Å². The fourth-order valence-corrected chi connectivity index (χ4v) is 2.30. The molecule has 0 bridgehead atoms. The van der Waals surface area contributed by atoms with Crippen molar-refractivity contribution in [3.63, 3.8) is 0 Å². The van der Waals surface area contributed by atoms with Crippen molar-refractivity contribution in [2.24, 2.45) is 0 Å². The van der Waals surface area contributed by atoms with Gasteiger partial charge in [0.05, 0.1) is 6.61 Å². The molecule has 3 amide bonds. The Labute approximate surface area is 147 Å². The topological polar surface area (TPSA) is 79.5 Å². The number of nitrogens with one attached hydrogen (secondary N) is 3. The third kappa shape index (κ3) is 5.32. The molecule has 0 aromatic heterocycles. The Morgan fingerprint density at radius 3 is 2.40 bits per heavy atom. The van der Waals surface area contributed by atoms with Gasteiger partial charge in [0.1, 0.15) is 0 Å². The molecule has 0 unspecified atom stereocenters. The van der Waals surface area contributed by atoms with Gasteiger partial charge in [-0.2, -0.15) is 0 Å². The number of amides is 3. The molecule has 0 radical (unpaired) electrons. The Balaban J connectivity index is 2.04. The fraction of sp³-hybridized carbons (Fsp3) is 0.263. The van der Waals surface area contributed by atoms with Gasteiger partial charge in [-0.3, -0.25) is 4.79 Å². The van der Waals surface area contributed by atoms with Gasteiger partial charge in [-0.1, -0.05) is 18.2 Å². The molecule has 25 heavy (non-hydrogen) atoms. The first-order chi connectivity index (χ1) is 12.0. The molecule has 132 valence electrons.